The monoisotopic (exact) mass is 323 g/mol. The van der Waals surface area contributed by atoms with Gasteiger partial charge in [-0.05, 0) is 35.4 Å². The average Bonchev–Trinajstić information content (AvgIpc) is 2.59. The highest BCUT2D eigenvalue weighted by atomic mass is 35.5. The predicted molar refractivity (Wildman–Crippen MR) is 97.6 cm³/mol. The standard InChI is InChI=1S/C20H18ClNO/c1-14(13-23)19-5-3-2-4-15(19)7-10-18-11-8-16-6-9-17(21)12-20(16)22-18/h2-12,14,23H,13H2,1H3/t14-/m0/s1. The van der Waals surface area contributed by atoms with Gasteiger partial charge in [-0.1, -0.05) is 61.0 Å². The van der Waals surface area contributed by atoms with Crippen molar-refractivity contribution in [2.24, 2.45) is 0 Å². The van der Waals surface area contributed by atoms with Crippen molar-refractivity contribution in [3.05, 3.63) is 76.4 Å². The van der Waals surface area contributed by atoms with Gasteiger partial charge in [0.05, 0.1) is 11.2 Å². The molecule has 0 aliphatic carbocycles. The van der Waals surface area contributed by atoms with E-state index in [1.54, 1.807) is 0 Å². The summed E-state index contributed by atoms with van der Waals surface area (Å²) in [6.07, 6.45) is 4.03. The number of aliphatic hydroxyl groups excluding tert-OH is 1. The quantitative estimate of drug-likeness (QED) is 0.720. The minimum Gasteiger partial charge on any atom is -0.396 e. The maximum Gasteiger partial charge on any atom is 0.0724 e. The average molecular weight is 324 g/mol. The number of fused-ring (bicyclic) bond motifs is 1. The van der Waals surface area contributed by atoms with E-state index in [-0.39, 0.29) is 12.5 Å². The molecule has 1 aromatic heterocycles. The third kappa shape index (κ3) is 3.61. The first-order chi connectivity index (χ1) is 11.2. The molecular formula is C20H18ClNO. The zero-order valence-electron chi connectivity index (χ0n) is 12.9. The Kier molecular flexibility index (Phi) is 4.75. The minimum atomic E-state index is 0.110. The van der Waals surface area contributed by atoms with Crippen LogP contribution in [0.15, 0.2) is 54.6 Å². The molecule has 0 aliphatic heterocycles. The molecule has 0 amide bonds. The van der Waals surface area contributed by atoms with Gasteiger partial charge in [0.15, 0.2) is 0 Å². The molecule has 1 atom stereocenters. The molecule has 0 unspecified atom stereocenters. The largest absolute Gasteiger partial charge is 0.396 e. The molecule has 23 heavy (non-hydrogen) atoms. The third-order valence-electron chi connectivity index (χ3n) is 3.91. The third-order valence-corrected chi connectivity index (χ3v) is 4.15. The van der Waals surface area contributed by atoms with Gasteiger partial charge in [-0.25, -0.2) is 4.98 Å². The first-order valence-corrected chi connectivity index (χ1v) is 7.99. The van der Waals surface area contributed by atoms with Crippen LogP contribution in [-0.2, 0) is 0 Å². The summed E-state index contributed by atoms with van der Waals surface area (Å²) >= 11 is 6.03. The first kappa shape index (κ1) is 15.7. The highest BCUT2D eigenvalue weighted by Gasteiger charge is 2.07. The maximum absolute atomic E-state index is 9.39. The van der Waals surface area contributed by atoms with Crippen LogP contribution in [0.2, 0.25) is 5.02 Å². The highest BCUT2D eigenvalue weighted by Crippen LogP contribution is 2.22. The Hall–Kier alpha value is -2.16. The Balaban J connectivity index is 1.94. The Labute approximate surface area is 141 Å². The Morgan fingerprint density at radius 2 is 1.87 bits per heavy atom. The molecule has 0 saturated carbocycles. The van der Waals surface area contributed by atoms with Crippen molar-refractivity contribution < 1.29 is 5.11 Å². The van der Waals surface area contributed by atoms with Gasteiger partial charge in [-0.2, -0.15) is 0 Å². The molecule has 1 heterocycles. The summed E-state index contributed by atoms with van der Waals surface area (Å²) < 4.78 is 0. The number of rotatable bonds is 4. The summed E-state index contributed by atoms with van der Waals surface area (Å²) in [5.41, 5.74) is 4.00. The Bertz CT molecular complexity index is 857. The van der Waals surface area contributed by atoms with Crippen LogP contribution in [0.4, 0.5) is 0 Å². The molecule has 0 saturated heterocycles. The highest BCUT2D eigenvalue weighted by molar-refractivity contribution is 6.31. The number of benzene rings is 2. The van der Waals surface area contributed by atoms with Crippen LogP contribution in [0.3, 0.4) is 0 Å². The van der Waals surface area contributed by atoms with Gasteiger partial charge in [0, 0.05) is 22.9 Å². The van der Waals surface area contributed by atoms with E-state index in [1.807, 2.05) is 67.6 Å². The van der Waals surface area contributed by atoms with E-state index in [0.717, 1.165) is 27.7 Å². The van der Waals surface area contributed by atoms with E-state index >= 15 is 0 Å². The number of aromatic nitrogens is 1. The number of aliphatic hydroxyl groups is 1. The Morgan fingerprint density at radius 3 is 2.70 bits per heavy atom. The lowest BCUT2D eigenvalue weighted by atomic mass is 9.96. The topological polar surface area (TPSA) is 33.1 Å². The molecule has 2 aromatic carbocycles. The smallest absolute Gasteiger partial charge is 0.0724 e. The summed E-state index contributed by atoms with van der Waals surface area (Å²) in [6, 6.07) is 17.8. The molecule has 0 spiro atoms. The molecule has 116 valence electrons. The second-order valence-electron chi connectivity index (χ2n) is 5.62. The summed E-state index contributed by atoms with van der Waals surface area (Å²) in [5, 5.41) is 11.2. The summed E-state index contributed by atoms with van der Waals surface area (Å²) in [4.78, 5) is 4.63. The van der Waals surface area contributed by atoms with Crippen molar-refractivity contribution in [2.75, 3.05) is 6.61 Å². The Morgan fingerprint density at radius 1 is 1.09 bits per heavy atom. The van der Waals surface area contributed by atoms with E-state index < -0.39 is 0 Å². The normalized spacial score (nSPS) is 12.8. The van der Waals surface area contributed by atoms with Crippen LogP contribution >= 0.6 is 11.6 Å². The van der Waals surface area contributed by atoms with Crippen LogP contribution in [-0.4, -0.2) is 16.7 Å². The van der Waals surface area contributed by atoms with Crippen molar-refractivity contribution in [3.63, 3.8) is 0 Å². The SMILES string of the molecule is C[C@@H](CO)c1ccccc1C=Cc1ccc2ccc(Cl)cc2n1. The molecule has 0 radical (unpaired) electrons. The van der Waals surface area contributed by atoms with Gasteiger partial charge in [-0.3, -0.25) is 0 Å². The number of halogens is 1. The van der Waals surface area contributed by atoms with E-state index in [4.69, 9.17) is 11.6 Å². The molecule has 3 rings (SSSR count). The maximum atomic E-state index is 9.39. The predicted octanol–water partition coefficient (Wildman–Crippen LogP) is 5.15. The van der Waals surface area contributed by atoms with Crippen molar-refractivity contribution in [3.8, 4) is 0 Å². The second kappa shape index (κ2) is 6.95. The number of hydrogen-bond donors (Lipinski definition) is 1. The van der Waals surface area contributed by atoms with Crippen LogP contribution < -0.4 is 0 Å². The summed E-state index contributed by atoms with van der Waals surface area (Å²) in [5.74, 6) is 0.110. The van der Waals surface area contributed by atoms with Crippen LogP contribution in [0.25, 0.3) is 23.1 Å². The molecule has 3 aromatic rings. The summed E-state index contributed by atoms with van der Waals surface area (Å²) in [7, 11) is 0. The number of hydrogen-bond acceptors (Lipinski definition) is 2. The summed E-state index contributed by atoms with van der Waals surface area (Å²) in [6.45, 7) is 2.15. The van der Waals surface area contributed by atoms with Crippen molar-refractivity contribution >= 4 is 34.7 Å². The zero-order chi connectivity index (χ0) is 16.2. The molecule has 0 aliphatic rings. The fourth-order valence-corrected chi connectivity index (χ4v) is 2.75. The van der Waals surface area contributed by atoms with Crippen molar-refractivity contribution in [1.82, 2.24) is 4.98 Å². The van der Waals surface area contributed by atoms with Crippen LogP contribution in [0, 0.1) is 0 Å². The molecule has 0 fully saturated rings. The van der Waals surface area contributed by atoms with Gasteiger partial charge >= 0.3 is 0 Å². The lowest BCUT2D eigenvalue weighted by Gasteiger charge is -2.11. The van der Waals surface area contributed by atoms with Crippen molar-refractivity contribution in [2.45, 2.75) is 12.8 Å². The fraction of sp³-hybridized carbons (Fsp3) is 0.150. The lowest BCUT2D eigenvalue weighted by molar-refractivity contribution is 0.273. The first-order valence-electron chi connectivity index (χ1n) is 7.61. The van der Waals surface area contributed by atoms with E-state index in [0.29, 0.717) is 5.02 Å². The van der Waals surface area contributed by atoms with E-state index in [2.05, 4.69) is 11.1 Å². The van der Waals surface area contributed by atoms with Crippen LogP contribution in [0.1, 0.15) is 29.7 Å². The van der Waals surface area contributed by atoms with Gasteiger partial charge in [0.1, 0.15) is 0 Å². The number of pyridine rings is 1. The molecule has 0 bridgehead atoms. The van der Waals surface area contributed by atoms with Gasteiger partial charge in [0.25, 0.3) is 0 Å². The van der Waals surface area contributed by atoms with Gasteiger partial charge in [0.2, 0.25) is 0 Å². The van der Waals surface area contributed by atoms with Crippen molar-refractivity contribution in [1.29, 1.82) is 0 Å². The van der Waals surface area contributed by atoms with Gasteiger partial charge in [-0.15, -0.1) is 0 Å². The van der Waals surface area contributed by atoms with Gasteiger partial charge < -0.3 is 5.11 Å². The van der Waals surface area contributed by atoms with Crippen LogP contribution in [0.5, 0.6) is 0 Å². The minimum absolute atomic E-state index is 0.110. The second-order valence-corrected chi connectivity index (χ2v) is 6.06. The lowest BCUT2D eigenvalue weighted by Crippen LogP contribution is -2.00. The zero-order valence-corrected chi connectivity index (χ0v) is 13.7. The fourth-order valence-electron chi connectivity index (χ4n) is 2.58. The molecule has 3 heteroatoms. The molecular weight excluding hydrogens is 306 g/mol. The molecule has 1 N–H and O–H groups in total. The number of nitrogens with zero attached hydrogens (tertiary/aromatic N) is 1. The van der Waals surface area contributed by atoms with E-state index in [9.17, 15) is 5.11 Å². The van der Waals surface area contributed by atoms with E-state index in [1.165, 1.54) is 0 Å². The molecule has 2 nitrogen and oxygen atoms in total.